The molecule has 0 aliphatic carbocycles. The van der Waals surface area contributed by atoms with Crippen molar-refractivity contribution in [1.82, 2.24) is 16.0 Å². The summed E-state index contributed by atoms with van der Waals surface area (Å²) in [6, 6.07) is -3.25. The Morgan fingerprint density at radius 3 is 1.65 bits per heavy atom. The van der Waals surface area contributed by atoms with E-state index in [-0.39, 0.29) is 12.8 Å². The molecule has 1 fully saturated rings. The molecule has 19 heteroatoms. The number of alkyl carbamates (subject to hydrolysis) is 1. The minimum atomic E-state index is -1.75. The summed E-state index contributed by atoms with van der Waals surface area (Å²) < 4.78 is 39.4. The standard InChI is InChI=1S/C50H87N3O16/c1-9-11-13-15-17-19-20-22-24-26-28-30-43(59)67-38(29-27-25-23-21-18-16-14-12-10-2)31-41(57)53-44-46(66-37(5)56)45(65-36(4)55)40(34-63-35(3)54)68-48(44)64-33-39(47(60)61)52-42(58)32-51-49(62)69-50(6,7)8/h38-40,44-46,48H,9-34H2,1-8H3,(H,51,62)(H,52,58)(H,53,57)(H,60,61)/t38-,39+,40-,44-,45-,46-,48-/m1/s1. The summed E-state index contributed by atoms with van der Waals surface area (Å²) in [4.78, 5) is 101. The first kappa shape index (κ1) is 62.5. The maximum atomic E-state index is 14.1. The van der Waals surface area contributed by atoms with Crippen LogP contribution < -0.4 is 16.0 Å². The molecule has 0 spiro atoms. The lowest BCUT2D eigenvalue weighted by atomic mass is 9.95. The number of carbonyl (C=O) groups excluding carboxylic acids is 7. The number of carbonyl (C=O) groups is 8. The minimum Gasteiger partial charge on any atom is -0.480 e. The molecular formula is C50H87N3O16. The van der Waals surface area contributed by atoms with Gasteiger partial charge in [0, 0.05) is 27.2 Å². The van der Waals surface area contributed by atoms with Gasteiger partial charge in [-0.15, -0.1) is 0 Å². The van der Waals surface area contributed by atoms with E-state index < -0.39 is 116 Å². The van der Waals surface area contributed by atoms with Gasteiger partial charge in [-0.25, -0.2) is 9.59 Å². The van der Waals surface area contributed by atoms with Crippen LogP contribution in [0.1, 0.15) is 203 Å². The second-order valence-corrected chi connectivity index (χ2v) is 19.0. The number of hydrogen-bond acceptors (Lipinski definition) is 15. The van der Waals surface area contributed by atoms with Gasteiger partial charge in [0.05, 0.1) is 13.0 Å². The van der Waals surface area contributed by atoms with Crippen LogP contribution >= 0.6 is 0 Å². The molecule has 19 nitrogen and oxygen atoms in total. The van der Waals surface area contributed by atoms with Gasteiger partial charge in [0.25, 0.3) is 0 Å². The topological polar surface area (TPSA) is 257 Å². The third-order valence-electron chi connectivity index (χ3n) is 11.2. The first-order chi connectivity index (χ1) is 32.8. The zero-order valence-corrected chi connectivity index (χ0v) is 43.0. The summed E-state index contributed by atoms with van der Waals surface area (Å²) in [5.74, 6) is -6.00. The van der Waals surface area contributed by atoms with Gasteiger partial charge >= 0.3 is 35.9 Å². The summed E-state index contributed by atoms with van der Waals surface area (Å²) in [6.45, 7) is 10.5. The van der Waals surface area contributed by atoms with Crippen molar-refractivity contribution in [2.45, 2.75) is 251 Å². The van der Waals surface area contributed by atoms with Crippen molar-refractivity contribution < 1.29 is 76.6 Å². The number of unbranched alkanes of at least 4 members (excludes halogenated alkanes) is 18. The van der Waals surface area contributed by atoms with Crippen molar-refractivity contribution in [3.63, 3.8) is 0 Å². The number of esters is 4. The molecular weight excluding hydrogens is 899 g/mol. The number of nitrogens with one attached hydrogen (secondary N) is 3. The van der Waals surface area contributed by atoms with E-state index in [1.54, 1.807) is 20.8 Å². The Bertz CT molecular complexity index is 1540. The van der Waals surface area contributed by atoms with Gasteiger partial charge in [-0.1, -0.05) is 129 Å². The fraction of sp³-hybridized carbons (Fsp3) is 0.840. The smallest absolute Gasteiger partial charge is 0.408 e. The molecule has 0 unspecified atom stereocenters. The maximum Gasteiger partial charge on any atom is 0.408 e. The van der Waals surface area contributed by atoms with Crippen molar-refractivity contribution in [1.29, 1.82) is 0 Å². The second kappa shape index (κ2) is 36.4. The Morgan fingerprint density at radius 2 is 1.16 bits per heavy atom. The summed E-state index contributed by atoms with van der Waals surface area (Å²) in [7, 11) is 0. The van der Waals surface area contributed by atoms with Gasteiger partial charge in [0.2, 0.25) is 11.8 Å². The van der Waals surface area contributed by atoms with Crippen LogP contribution in [0, 0.1) is 0 Å². The van der Waals surface area contributed by atoms with E-state index >= 15 is 0 Å². The fourth-order valence-corrected chi connectivity index (χ4v) is 7.79. The van der Waals surface area contributed by atoms with E-state index in [1.165, 1.54) is 70.6 Å². The summed E-state index contributed by atoms with van der Waals surface area (Å²) >= 11 is 0. The lowest BCUT2D eigenvalue weighted by Gasteiger charge is -2.45. The van der Waals surface area contributed by atoms with Crippen molar-refractivity contribution in [2.75, 3.05) is 19.8 Å². The molecule has 0 bridgehead atoms. The van der Waals surface area contributed by atoms with Crippen LogP contribution in [0.5, 0.6) is 0 Å². The van der Waals surface area contributed by atoms with E-state index in [1.807, 2.05) is 0 Å². The molecule has 1 aliphatic heterocycles. The maximum absolute atomic E-state index is 14.1. The van der Waals surface area contributed by atoms with E-state index in [0.717, 1.165) is 65.7 Å². The molecule has 3 amide bonds. The summed E-state index contributed by atoms with van der Waals surface area (Å²) in [6.07, 6.45) is 14.3. The van der Waals surface area contributed by atoms with Crippen LogP contribution in [-0.2, 0) is 66.7 Å². The van der Waals surface area contributed by atoms with Gasteiger partial charge < -0.3 is 54.2 Å². The third kappa shape index (κ3) is 31.4. The number of hydrogen-bond donors (Lipinski definition) is 4. The number of carboxylic acids is 1. The quantitative estimate of drug-likeness (QED) is 0.0265. The van der Waals surface area contributed by atoms with Crippen LogP contribution in [0.15, 0.2) is 0 Å². The Labute approximate surface area is 410 Å². The third-order valence-corrected chi connectivity index (χ3v) is 11.2. The summed E-state index contributed by atoms with van der Waals surface area (Å²) in [5.41, 5.74) is -0.861. The van der Waals surface area contributed by atoms with Crippen molar-refractivity contribution in [3.05, 3.63) is 0 Å². The van der Waals surface area contributed by atoms with Gasteiger partial charge in [0.1, 0.15) is 37.0 Å². The molecule has 0 aromatic heterocycles. The van der Waals surface area contributed by atoms with Crippen molar-refractivity contribution >= 4 is 47.8 Å². The lowest BCUT2D eigenvalue weighted by Crippen LogP contribution is -2.67. The van der Waals surface area contributed by atoms with E-state index in [9.17, 15) is 43.5 Å². The highest BCUT2D eigenvalue weighted by Crippen LogP contribution is 2.29. The van der Waals surface area contributed by atoms with Crippen LogP contribution in [0.2, 0.25) is 0 Å². The molecule has 4 N–H and O–H groups in total. The van der Waals surface area contributed by atoms with Gasteiger partial charge in [0.15, 0.2) is 24.5 Å². The highest BCUT2D eigenvalue weighted by molar-refractivity contribution is 5.86. The lowest BCUT2D eigenvalue weighted by molar-refractivity contribution is -0.278. The van der Waals surface area contributed by atoms with Crippen LogP contribution in [0.4, 0.5) is 4.79 Å². The Balaban J connectivity index is 3.31. The average molecular weight is 986 g/mol. The molecule has 0 aromatic carbocycles. The van der Waals surface area contributed by atoms with E-state index in [2.05, 4.69) is 29.8 Å². The second-order valence-electron chi connectivity index (χ2n) is 19.0. The molecule has 0 aromatic rings. The molecule has 1 aliphatic rings. The zero-order valence-electron chi connectivity index (χ0n) is 43.0. The molecule has 0 saturated carbocycles. The fourth-order valence-electron chi connectivity index (χ4n) is 7.79. The van der Waals surface area contributed by atoms with Crippen LogP contribution in [-0.4, -0.2) is 121 Å². The first-order valence-electron chi connectivity index (χ1n) is 25.5. The molecule has 1 saturated heterocycles. The first-order valence-corrected chi connectivity index (χ1v) is 25.5. The van der Waals surface area contributed by atoms with Gasteiger partial charge in [-0.05, 0) is 40.0 Å². The van der Waals surface area contributed by atoms with Crippen molar-refractivity contribution in [2.24, 2.45) is 0 Å². The molecule has 69 heavy (non-hydrogen) atoms. The minimum absolute atomic E-state index is 0.194. The summed E-state index contributed by atoms with van der Waals surface area (Å²) in [5, 5.41) is 17.2. The Kier molecular flexibility index (Phi) is 33.0. The van der Waals surface area contributed by atoms with Crippen LogP contribution in [0.25, 0.3) is 0 Å². The van der Waals surface area contributed by atoms with Gasteiger partial charge in [-0.3, -0.25) is 28.8 Å². The number of carboxylic acid groups (broad SMARTS) is 1. The predicted molar refractivity (Wildman–Crippen MR) is 256 cm³/mol. The molecule has 7 atom stereocenters. The highest BCUT2D eigenvalue weighted by atomic mass is 16.7. The Hall–Kier alpha value is -4.52. The van der Waals surface area contributed by atoms with Gasteiger partial charge in [-0.2, -0.15) is 0 Å². The predicted octanol–water partition coefficient (Wildman–Crippen LogP) is 7.66. The largest absolute Gasteiger partial charge is 0.480 e. The normalized spacial score (nSPS) is 18.8. The molecule has 398 valence electrons. The number of aliphatic carboxylic acids is 1. The van der Waals surface area contributed by atoms with E-state index in [4.69, 9.17) is 33.2 Å². The molecule has 1 rings (SSSR count). The van der Waals surface area contributed by atoms with Crippen LogP contribution in [0.3, 0.4) is 0 Å². The molecule has 1 heterocycles. The monoisotopic (exact) mass is 986 g/mol. The number of rotatable bonds is 37. The highest BCUT2D eigenvalue weighted by Gasteiger charge is 2.52. The van der Waals surface area contributed by atoms with Crippen molar-refractivity contribution in [3.8, 4) is 0 Å². The number of amides is 3. The average Bonchev–Trinajstić information content (AvgIpc) is 3.25. The number of ether oxygens (including phenoxy) is 7. The SMILES string of the molecule is CCCCCCCCCCCCCC(=O)O[C@H](CCCCCCCCCCC)CC(=O)N[C@H]1[C@H](OC[C@H](NC(=O)CNC(=O)OC(C)(C)C)C(=O)O)O[C@H](COC(C)=O)[C@@H](OC(C)=O)[C@@H]1OC(C)=O. The zero-order chi connectivity index (χ0) is 51.6. The molecule has 0 radical (unpaired) electrons. The Morgan fingerprint density at radius 1 is 0.652 bits per heavy atom. The van der Waals surface area contributed by atoms with E-state index in [0.29, 0.717) is 19.3 Å².